The molecule has 1 atom stereocenters. The maximum absolute atomic E-state index is 13.0. The molecule has 0 rings (SSSR count). The van der Waals surface area contributed by atoms with Crippen LogP contribution in [0.3, 0.4) is 0 Å². The average Bonchev–Trinajstić information content (AvgIpc) is 2.83. The lowest BCUT2D eigenvalue weighted by atomic mass is 10.0. The molecule has 0 aliphatic rings. The van der Waals surface area contributed by atoms with Gasteiger partial charge in [-0.1, -0.05) is 111 Å². The minimum atomic E-state index is -0.583. The summed E-state index contributed by atoms with van der Waals surface area (Å²) in [6.07, 6.45) is 19.3. The van der Waals surface area contributed by atoms with E-state index in [4.69, 9.17) is 0 Å². The molecule has 0 aromatic carbocycles. The quantitative estimate of drug-likeness (QED) is 0.131. The van der Waals surface area contributed by atoms with Crippen LogP contribution < -0.4 is 10.7 Å². The van der Waals surface area contributed by atoms with Crippen molar-refractivity contribution in [3.8, 4) is 0 Å². The molecule has 0 bridgehead atoms. The first-order valence-electron chi connectivity index (χ1n) is 14.4. The molecule has 34 heavy (non-hydrogen) atoms. The first-order valence-corrected chi connectivity index (χ1v) is 14.4. The molecule has 0 saturated carbocycles. The number of carbonyl (C=O) groups is 3. The first kappa shape index (κ1) is 32.4. The summed E-state index contributed by atoms with van der Waals surface area (Å²) in [4.78, 5) is 38.0. The van der Waals surface area contributed by atoms with E-state index in [9.17, 15) is 14.4 Å². The fraction of sp³-hybridized carbons (Fsp3) is 0.893. The average molecular weight is 482 g/mol. The van der Waals surface area contributed by atoms with Gasteiger partial charge in [-0.05, 0) is 26.2 Å². The lowest BCUT2D eigenvalue weighted by Crippen LogP contribution is -2.54. The number of nitrogens with one attached hydrogen (secondary N) is 2. The molecule has 2 N–H and O–H groups in total. The number of nitrogens with zero attached hydrogens (tertiary/aromatic N) is 1. The highest BCUT2D eigenvalue weighted by molar-refractivity contribution is 5.89. The zero-order chi connectivity index (χ0) is 25.4. The van der Waals surface area contributed by atoms with Gasteiger partial charge >= 0.3 is 0 Å². The Balaban J connectivity index is 4.68. The minimum Gasteiger partial charge on any atom is -0.344 e. The zero-order valence-electron chi connectivity index (χ0n) is 22.9. The Kier molecular flexibility index (Phi) is 22.1. The Hall–Kier alpha value is -1.59. The zero-order valence-corrected chi connectivity index (χ0v) is 22.9. The number of hydrogen-bond donors (Lipinski definition) is 2. The minimum absolute atomic E-state index is 0.0583. The fourth-order valence-corrected chi connectivity index (χ4v) is 4.10. The van der Waals surface area contributed by atoms with Crippen LogP contribution in [-0.2, 0) is 14.4 Å². The predicted octanol–water partition coefficient (Wildman–Crippen LogP) is 6.82. The Morgan fingerprint density at radius 1 is 0.618 bits per heavy atom. The van der Waals surface area contributed by atoms with Crippen molar-refractivity contribution in [2.75, 3.05) is 6.54 Å². The highest BCUT2D eigenvalue weighted by Gasteiger charge is 2.23. The molecule has 0 saturated heterocycles. The summed E-state index contributed by atoms with van der Waals surface area (Å²) in [5, 5.41) is 4.37. The third kappa shape index (κ3) is 17.8. The van der Waals surface area contributed by atoms with Gasteiger partial charge in [-0.3, -0.25) is 24.8 Å². The Bertz CT molecular complexity index is 525. The molecule has 0 aromatic heterocycles. The Morgan fingerprint density at radius 2 is 1.09 bits per heavy atom. The smallest absolute Gasteiger partial charge is 0.261 e. The van der Waals surface area contributed by atoms with Crippen LogP contribution in [0.1, 0.15) is 150 Å². The van der Waals surface area contributed by atoms with Gasteiger partial charge in [-0.15, -0.1) is 0 Å². The third-order valence-corrected chi connectivity index (χ3v) is 6.36. The lowest BCUT2D eigenvalue weighted by Gasteiger charge is -2.25. The van der Waals surface area contributed by atoms with Gasteiger partial charge in [0.2, 0.25) is 11.8 Å². The third-order valence-electron chi connectivity index (χ3n) is 6.36. The number of unbranched alkanes of at least 4 members (excludes halogenated alkanes) is 13. The molecule has 0 radical (unpaired) electrons. The summed E-state index contributed by atoms with van der Waals surface area (Å²) in [6.45, 7) is 8.80. The summed E-state index contributed by atoms with van der Waals surface area (Å²) in [5.74, 6) is -0.388. The monoisotopic (exact) mass is 481 g/mol. The Labute approximate surface area is 210 Å². The maximum Gasteiger partial charge on any atom is 0.261 e. The van der Waals surface area contributed by atoms with E-state index in [0.29, 0.717) is 25.8 Å². The molecule has 3 amide bonds. The van der Waals surface area contributed by atoms with Crippen molar-refractivity contribution in [2.24, 2.45) is 0 Å². The van der Waals surface area contributed by atoms with Gasteiger partial charge in [0.25, 0.3) is 5.91 Å². The molecule has 0 aliphatic heterocycles. The molecule has 0 aromatic rings. The molecule has 0 fully saturated rings. The van der Waals surface area contributed by atoms with Crippen molar-refractivity contribution < 1.29 is 14.4 Å². The van der Waals surface area contributed by atoms with Crippen LogP contribution in [0.2, 0.25) is 0 Å². The lowest BCUT2D eigenvalue weighted by molar-refractivity contribution is -0.142. The molecule has 1 unspecified atom stereocenters. The van der Waals surface area contributed by atoms with Gasteiger partial charge in [0.15, 0.2) is 0 Å². The van der Waals surface area contributed by atoms with E-state index in [1.54, 1.807) is 0 Å². The standard InChI is InChI=1S/C28H55N3O3/c1-5-9-12-14-16-18-21-23-26(32)29-25(22-20-17-15-13-10-6-2)28(34)30-31(8-4)27(33)24-19-11-7-3/h25H,5-24H2,1-4H3,(H,29,32)(H,30,34). The number of rotatable bonds is 22. The van der Waals surface area contributed by atoms with E-state index in [1.807, 2.05) is 6.92 Å². The van der Waals surface area contributed by atoms with E-state index < -0.39 is 6.04 Å². The van der Waals surface area contributed by atoms with Gasteiger partial charge in [-0.25, -0.2) is 0 Å². The number of amides is 3. The summed E-state index contributed by atoms with van der Waals surface area (Å²) < 4.78 is 0. The van der Waals surface area contributed by atoms with E-state index in [1.165, 1.54) is 56.4 Å². The van der Waals surface area contributed by atoms with Crippen molar-refractivity contribution in [1.29, 1.82) is 0 Å². The second-order valence-corrected chi connectivity index (χ2v) is 9.62. The van der Waals surface area contributed by atoms with Gasteiger partial charge in [-0.2, -0.15) is 0 Å². The van der Waals surface area contributed by atoms with Crippen LogP contribution in [0.4, 0.5) is 0 Å². The van der Waals surface area contributed by atoms with E-state index >= 15 is 0 Å². The van der Waals surface area contributed by atoms with Gasteiger partial charge in [0.1, 0.15) is 6.04 Å². The van der Waals surface area contributed by atoms with Crippen molar-refractivity contribution in [3.05, 3.63) is 0 Å². The molecule has 0 spiro atoms. The number of carbonyl (C=O) groups excluding carboxylic acids is 3. The molecule has 200 valence electrons. The van der Waals surface area contributed by atoms with Crippen LogP contribution in [0.25, 0.3) is 0 Å². The topological polar surface area (TPSA) is 78.5 Å². The van der Waals surface area contributed by atoms with Crippen molar-refractivity contribution in [2.45, 2.75) is 156 Å². The SMILES string of the molecule is CCCCCCCCCC(=O)NC(CCCCCCCC)C(=O)NN(CC)C(=O)CCCCC. The van der Waals surface area contributed by atoms with Crippen LogP contribution >= 0.6 is 0 Å². The van der Waals surface area contributed by atoms with Crippen molar-refractivity contribution in [1.82, 2.24) is 15.8 Å². The summed E-state index contributed by atoms with van der Waals surface area (Å²) >= 11 is 0. The molecule has 6 heteroatoms. The van der Waals surface area contributed by atoms with Gasteiger partial charge < -0.3 is 5.32 Å². The fourth-order valence-electron chi connectivity index (χ4n) is 4.10. The molecule has 0 heterocycles. The molecule has 0 aliphatic carbocycles. The normalized spacial score (nSPS) is 11.8. The van der Waals surface area contributed by atoms with Gasteiger partial charge in [0, 0.05) is 19.4 Å². The van der Waals surface area contributed by atoms with E-state index in [0.717, 1.165) is 51.4 Å². The summed E-state index contributed by atoms with van der Waals surface area (Å²) in [5.41, 5.74) is 2.79. The first-order chi connectivity index (χ1) is 16.5. The summed E-state index contributed by atoms with van der Waals surface area (Å²) in [7, 11) is 0. The second-order valence-electron chi connectivity index (χ2n) is 9.62. The number of hydrazine groups is 1. The number of hydrogen-bond acceptors (Lipinski definition) is 3. The van der Waals surface area contributed by atoms with E-state index in [2.05, 4.69) is 31.5 Å². The second kappa shape index (κ2) is 23.2. The van der Waals surface area contributed by atoms with Crippen LogP contribution in [0.15, 0.2) is 0 Å². The highest BCUT2D eigenvalue weighted by Crippen LogP contribution is 2.11. The molecular formula is C28H55N3O3. The maximum atomic E-state index is 13.0. The highest BCUT2D eigenvalue weighted by atomic mass is 16.2. The van der Waals surface area contributed by atoms with Crippen molar-refractivity contribution in [3.63, 3.8) is 0 Å². The van der Waals surface area contributed by atoms with E-state index in [-0.39, 0.29) is 17.7 Å². The van der Waals surface area contributed by atoms with Crippen LogP contribution in [0, 0.1) is 0 Å². The van der Waals surface area contributed by atoms with Crippen LogP contribution in [0.5, 0.6) is 0 Å². The molecular weight excluding hydrogens is 426 g/mol. The predicted molar refractivity (Wildman–Crippen MR) is 142 cm³/mol. The van der Waals surface area contributed by atoms with Gasteiger partial charge in [0.05, 0.1) is 0 Å². The Morgan fingerprint density at radius 3 is 1.65 bits per heavy atom. The largest absolute Gasteiger partial charge is 0.344 e. The molecule has 6 nitrogen and oxygen atoms in total. The van der Waals surface area contributed by atoms with Crippen molar-refractivity contribution >= 4 is 17.7 Å². The van der Waals surface area contributed by atoms with Crippen LogP contribution in [-0.4, -0.2) is 35.3 Å². The summed E-state index contributed by atoms with van der Waals surface area (Å²) in [6, 6.07) is -0.583.